The lowest BCUT2D eigenvalue weighted by Gasteiger charge is -1.92. The van der Waals surface area contributed by atoms with Gasteiger partial charge in [0.05, 0.1) is 0 Å². The molecule has 0 bridgehead atoms. The average molecular weight is 219 g/mol. The minimum atomic E-state index is -4.67. The Balaban J connectivity index is 0.000000292. The SMILES string of the molecule is N=C(N)c1ccncc1.O=S(=O)(O)O. The predicted octanol–water partition coefficient (Wildman–Crippen LogP) is -0.287. The normalized spacial score (nSPS) is 9.86. The number of pyridine rings is 1. The van der Waals surface area contributed by atoms with Gasteiger partial charge in [-0.2, -0.15) is 8.42 Å². The van der Waals surface area contributed by atoms with Crippen molar-refractivity contribution in [3.8, 4) is 0 Å². The Morgan fingerprint density at radius 1 is 1.36 bits per heavy atom. The third-order valence-corrected chi connectivity index (χ3v) is 0.991. The van der Waals surface area contributed by atoms with Gasteiger partial charge in [-0.15, -0.1) is 0 Å². The summed E-state index contributed by atoms with van der Waals surface area (Å²) in [7, 11) is -4.67. The van der Waals surface area contributed by atoms with E-state index in [9.17, 15) is 0 Å². The summed E-state index contributed by atoms with van der Waals surface area (Å²) in [5.41, 5.74) is 5.88. The molecule has 0 aliphatic carbocycles. The monoisotopic (exact) mass is 219 g/mol. The highest BCUT2D eigenvalue weighted by molar-refractivity contribution is 7.79. The number of nitrogens with two attached hydrogens (primary N) is 1. The van der Waals surface area contributed by atoms with Gasteiger partial charge in [-0.05, 0) is 12.1 Å². The second-order valence-corrected chi connectivity index (χ2v) is 2.99. The smallest absolute Gasteiger partial charge is 0.384 e. The summed E-state index contributed by atoms with van der Waals surface area (Å²) in [5, 5.41) is 6.99. The Labute approximate surface area is 80.7 Å². The summed E-state index contributed by atoms with van der Waals surface area (Å²) >= 11 is 0. The Hall–Kier alpha value is -1.51. The maximum Gasteiger partial charge on any atom is 0.394 e. The molecule has 1 aromatic heterocycles. The van der Waals surface area contributed by atoms with Gasteiger partial charge in [-0.3, -0.25) is 19.5 Å². The van der Waals surface area contributed by atoms with E-state index in [0.29, 0.717) is 5.56 Å². The highest BCUT2D eigenvalue weighted by Crippen LogP contribution is 1.91. The molecule has 8 heteroatoms. The lowest BCUT2D eigenvalue weighted by Crippen LogP contribution is -2.10. The van der Waals surface area contributed by atoms with E-state index < -0.39 is 10.4 Å². The number of nitrogens with zero attached hydrogens (tertiary/aromatic N) is 1. The Morgan fingerprint density at radius 2 is 1.71 bits per heavy atom. The molecule has 0 aliphatic heterocycles. The number of rotatable bonds is 1. The van der Waals surface area contributed by atoms with E-state index in [4.69, 9.17) is 28.7 Å². The first-order chi connectivity index (χ1) is 6.30. The molecule has 1 aromatic rings. The second-order valence-electron chi connectivity index (χ2n) is 2.10. The molecule has 0 aliphatic rings. The largest absolute Gasteiger partial charge is 0.394 e. The minimum Gasteiger partial charge on any atom is -0.384 e. The standard InChI is InChI=1S/C6H7N3.H2O4S/c7-6(8)5-1-3-9-4-2-5;1-5(2,3)4/h1-4H,(H3,7,8);(H2,1,2,3,4). The summed E-state index contributed by atoms with van der Waals surface area (Å²) in [5.74, 6) is 0.0809. The fourth-order valence-corrected chi connectivity index (χ4v) is 0.531. The van der Waals surface area contributed by atoms with Crippen LogP contribution in [0.4, 0.5) is 0 Å². The van der Waals surface area contributed by atoms with Gasteiger partial charge in [0.15, 0.2) is 0 Å². The van der Waals surface area contributed by atoms with Gasteiger partial charge >= 0.3 is 10.4 Å². The first-order valence-corrected chi connectivity index (χ1v) is 4.64. The van der Waals surface area contributed by atoms with Crippen LogP contribution in [0.1, 0.15) is 5.56 Å². The highest BCUT2D eigenvalue weighted by Gasteiger charge is 1.90. The van der Waals surface area contributed by atoms with E-state index in [1.807, 2.05) is 0 Å². The number of nitrogens with one attached hydrogen (secondary N) is 1. The molecule has 14 heavy (non-hydrogen) atoms. The van der Waals surface area contributed by atoms with E-state index in [0.717, 1.165) is 0 Å². The van der Waals surface area contributed by atoms with Crippen LogP contribution in [0.2, 0.25) is 0 Å². The van der Waals surface area contributed by atoms with Crippen LogP contribution in [0.25, 0.3) is 0 Å². The summed E-state index contributed by atoms with van der Waals surface area (Å²) in [6, 6.07) is 3.39. The molecule has 0 saturated heterocycles. The summed E-state index contributed by atoms with van der Waals surface area (Å²) in [6.07, 6.45) is 3.22. The molecule has 0 aromatic carbocycles. The predicted molar refractivity (Wildman–Crippen MR) is 49.4 cm³/mol. The number of nitrogen functional groups attached to an aromatic ring is 1. The molecule has 0 atom stereocenters. The van der Waals surface area contributed by atoms with Crippen molar-refractivity contribution in [1.29, 1.82) is 5.41 Å². The van der Waals surface area contributed by atoms with Gasteiger partial charge in [-0.25, -0.2) is 0 Å². The highest BCUT2D eigenvalue weighted by atomic mass is 32.3. The molecule has 0 amide bonds. The number of hydrogen-bond acceptors (Lipinski definition) is 4. The first kappa shape index (κ1) is 12.5. The van der Waals surface area contributed by atoms with Crippen molar-refractivity contribution >= 4 is 16.2 Å². The molecule has 1 rings (SSSR count). The van der Waals surface area contributed by atoms with Crippen LogP contribution in [-0.4, -0.2) is 28.3 Å². The third-order valence-electron chi connectivity index (χ3n) is 0.991. The zero-order valence-electron chi connectivity index (χ0n) is 6.95. The van der Waals surface area contributed by atoms with Crippen molar-refractivity contribution in [2.45, 2.75) is 0 Å². The molecule has 0 spiro atoms. The molecule has 7 nitrogen and oxygen atoms in total. The minimum absolute atomic E-state index is 0.0809. The van der Waals surface area contributed by atoms with Crippen LogP contribution in [0.15, 0.2) is 24.5 Å². The fourth-order valence-electron chi connectivity index (χ4n) is 0.531. The Kier molecular flexibility index (Phi) is 4.70. The maximum absolute atomic E-state index is 8.74. The van der Waals surface area contributed by atoms with E-state index in [1.54, 1.807) is 24.5 Å². The van der Waals surface area contributed by atoms with Gasteiger partial charge in [0.1, 0.15) is 5.84 Å². The van der Waals surface area contributed by atoms with Crippen LogP contribution < -0.4 is 5.73 Å². The summed E-state index contributed by atoms with van der Waals surface area (Å²) in [6.45, 7) is 0. The number of amidine groups is 1. The van der Waals surface area contributed by atoms with E-state index in [2.05, 4.69) is 4.98 Å². The Bertz CT molecular complexity index is 381. The van der Waals surface area contributed by atoms with Crippen LogP contribution in [-0.2, 0) is 10.4 Å². The van der Waals surface area contributed by atoms with E-state index in [-0.39, 0.29) is 5.84 Å². The van der Waals surface area contributed by atoms with E-state index >= 15 is 0 Å². The maximum atomic E-state index is 8.74. The van der Waals surface area contributed by atoms with Crippen molar-refractivity contribution < 1.29 is 17.5 Å². The molecule has 0 fully saturated rings. The first-order valence-electron chi connectivity index (χ1n) is 3.25. The van der Waals surface area contributed by atoms with Gasteiger partial charge < -0.3 is 5.73 Å². The van der Waals surface area contributed by atoms with Crippen molar-refractivity contribution in [2.75, 3.05) is 0 Å². The van der Waals surface area contributed by atoms with Crippen LogP contribution in [0.5, 0.6) is 0 Å². The summed E-state index contributed by atoms with van der Waals surface area (Å²) in [4.78, 5) is 3.78. The molecule has 0 radical (unpaired) electrons. The molecular formula is C6H9N3O4S. The summed E-state index contributed by atoms with van der Waals surface area (Å²) < 4.78 is 31.6. The second kappa shape index (κ2) is 5.27. The van der Waals surface area contributed by atoms with Gasteiger partial charge in [0.2, 0.25) is 0 Å². The van der Waals surface area contributed by atoms with Gasteiger partial charge in [0.25, 0.3) is 0 Å². The van der Waals surface area contributed by atoms with Crippen LogP contribution in [0.3, 0.4) is 0 Å². The molecule has 0 saturated carbocycles. The number of hydrogen-bond donors (Lipinski definition) is 4. The molecule has 1 heterocycles. The van der Waals surface area contributed by atoms with Gasteiger partial charge in [-0.1, -0.05) is 0 Å². The molecule has 5 N–H and O–H groups in total. The fraction of sp³-hybridized carbons (Fsp3) is 0. The quantitative estimate of drug-likeness (QED) is 0.291. The third kappa shape index (κ3) is 8.59. The topological polar surface area (TPSA) is 137 Å². The lowest BCUT2D eigenvalue weighted by molar-refractivity contribution is 0.381. The average Bonchev–Trinajstić information content (AvgIpc) is 2.03. The zero-order chi connectivity index (χ0) is 11.2. The number of aromatic nitrogens is 1. The van der Waals surface area contributed by atoms with Crippen molar-refractivity contribution in [1.82, 2.24) is 4.98 Å². The molecular weight excluding hydrogens is 210 g/mol. The van der Waals surface area contributed by atoms with E-state index in [1.165, 1.54) is 0 Å². The zero-order valence-corrected chi connectivity index (χ0v) is 7.77. The van der Waals surface area contributed by atoms with Crippen LogP contribution in [0, 0.1) is 5.41 Å². The molecule has 78 valence electrons. The van der Waals surface area contributed by atoms with Crippen LogP contribution >= 0.6 is 0 Å². The Morgan fingerprint density at radius 3 is 1.93 bits per heavy atom. The van der Waals surface area contributed by atoms with Crippen molar-refractivity contribution in [3.05, 3.63) is 30.1 Å². The lowest BCUT2D eigenvalue weighted by atomic mass is 10.2. The van der Waals surface area contributed by atoms with Gasteiger partial charge in [0, 0.05) is 18.0 Å². The van der Waals surface area contributed by atoms with Crippen molar-refractivity contribution in [2.24, 2.45) is 5.73 Å². The van der Waals surface area contributed by atoms with Crippen molar-refractivity contribution in [3.63, 3.8) is 0 Å². The molecule has 0 unspecified atom stereocenters.